The summed E-state index contributed by atoms with van der Waals surface area (Å²) in [6.07, 6.45) is -1.11. The van der Waals surface area contributed by atoms with Crippen molar-refractivity contribution in [2.45, 2.75) is 12.2 Å². The second kappa shape index (κ2) is 10.1. The maximum Gasteiger partial charge on any atom is 0.0861 e. The zero-order chi connectivity index (χ0) is 10.8. The maximum atomic E-state index is 9.39. The molecule has 0 saturated carbocycles. The first-order chi connectivity index (χ1) is 6.70. The van der Waals surface area contributed by atoms with Gasteiger partial charge < -0.3 is 20.4 Å². The molecule has 4 nitrogen and oxygen atoms in total. The highest BCUT2D eigenvalue weighted by molar-refractivity contribution is 8.00. The minimum absolute atomic E-state index is 0.133. The fourth-order valence-electron chi connectivity index (χ4n) is 0.725. The van der Waals surface area contributed by atoms with Crippen molar-refractivity contribution in [2.75, 3.05) is 36.2 Å². The van der Waals surface area contributed by atoms with Gasteiger partial charge in [0.05, 0.1) is 25.4 Å². The van der Waals surface area contributed by atoms with Crippen molar-refractivity contribution in [2.24, 2.45) is 0 Å². The molecule has 2 atom stereocenters. The van der Waals surface area contributed by atoms with Gasteiger partial charge in [-0.2, -0.15) is 23.5 Å². The van der Waals surface area contributed by atoms with Crippen molar-refractivity contribution in [3.05, 3.63) is 0 Å². The molecule has 0 aromatic carbocycles. The third-order valence-electron chi connectivity index (χ3n) is 1.38. The summed E-state index contributed by atoms with van der Waals surface area (Å²) in [6, 6.07) is 0. The molecule has 0 rings (SSSR count). The molecular weight excluding hydrogens is 224 g/mol. The summed E-state index contributed by atoms with van der Waals surface area (Å²) < 4.78 is 0. The third-order valence-corrected chi connectivity index (χ3v) is 3.71. The van der Waals surface area contributed by atoms with Crippen LogP contribution in [-0.4, -0.2) is 68.9 Å². The van der Waals surface area contributed by atoms with Gasteiger partial charge in [-0.3, -0.25) is 0 Å². The zero-order valence-corrected chi connectivity index (χ0v) is 9.64. The summed E-state index contributed by atoms with van der Waals surface area (Å²) in [5.74, 6) is 2.23. The number of aliphatic hydroxyl groups excluding tert-OH is 4. The van der Waals surface area contributed by atoms with Crippen molar-refractivity contribution in [1.29, 1.82) is 0 Å². The normalized spacial score (nSPS) is 15.4. The van der Waals surface area contributed by atoms with Gasteiger partial charge >= 0.3 is 0 Å². The standard InChI is InChI=1S/C8H18O4S2/c9-1-2-13-5-8(12)6-14-4-7(11)3-10/h7-12H,1-6H2. The van der Waals surface area contributed by atoms with Gasteiger partial charge in [-0.25, -0.2) is 0 Å². The first kappa shape index (κ1) is 14.5. The predicted molar refractivity (Wildman–Crippen MR) is 60.8 cm³/mol. The highest BCUT2D eigenvalue weighted by Gasteiger charge is 2.06. The van der Waals surface area contributed by atoms with Crippen LogP contribution in [0, 0.1) is 0 Å². The maximum absolute atomic E-state index is 9.39. The molecule has 0 aliphatic carbocycles. The van der Waals surface area contributed by atoms with Crippen molar-refractivity contribution >= 4 is 23.5 Å². The Kier molecular flexibility index (Phi) is 10.5. The molecule has 0 spiro atoms. The Morgan fingerprint density at radius 1 is 0.857 bits per heavy atom. The smallest absolute Gasteiger partial charge is 0.0861 e. The van der Waals surface area contributed by atoms with Gasteiger partial charge in [0.15, 0.2) is 0 Å². The lowest BCUT2D eigenvalue weighted by atomic mass is 10.4. The third kappa shape index (κ3) is 9.11. The molecule has 0 amide bonds. The van der Waals surface area contributed by atoms with E-state index < -0.39 is 12.2 Å². The monoisotopic (exact) mass is 242 g/mol. The SMILES string of the molecule is OCCSCC(O)CSCC(O)CO. The Hall–Kier alpha value is 0.540. The van der Waals surface area contributed by atoms with Crippen LogP contribution >= 0.6 is 23.5 Å². The summed E-state index contributed by atoms with van der Waals surface area (Å²) in [4.78, 5) is 0. The summed E-state index contributed by atoms with van der Waals surface area (Å²) in [6.45, 7) is -0.101. The van der Waals surface area contributed by atoms with Gasteiger partial charge in [0.25, 0.3) is 0 Å². The van der Waals surface area contributed by atoms with Gasteiger partial charge in [0.1, 0.15) is 0 Å². The topological polar surface area (TPSA) is 80.9 Å². The molecule has 0 bridgehead atoms. The molecular formula is C8H18O4S2. The van der Waals surface area contributed by atoms with E-state index in [1.807, 2.05) is 0 Å². The average molecular weight is 242 g/mol. The van der Waals surface area contributed by atoms with Crippen LogP contribution in [0.2, 0.25) is 0 Å². The first-order valence-electron chi connectivity index (χ1n) is 4.44. The van der Waals surface area contributed by atoms with Gasteiger partial charge in [-0.05, 0) is 0 Å². The van der Waals surface area contributed by atoms with Crippen LogP contribution in [0.5, 0.6) is 0 Å². The number of thioether (sulfide) groups is 2. The molecule has 0 radical (unpaired) electrons. The molecule has 0 aliphatic rings. The fourth-order valence-corrected chi connectivity index (χ4v) is 2.46. The van der Waals surface area contributed by atoms with Crippen LogP contribution in [0.1, 0.15) is 0 Å². The lowest BCUT2D eigenvalue weighted by Gasteiger charge is -2.11. The molecule has 6 heteroatoms. The number of hydrogen-bond donors (Lipinski definition) is 4. The van der Waals surface area contributed by atoms with Gasteiger partial charge in [0.2, 0.25) is 0 Å². The van der Waals surface area contributed by atoms with E-state index in [0.717, 1.165) is 0 Å². The number of aliphatic hydroxyl groups is 4. The quantitative estimate of drug-likeness (QED) is 0.395. The van der Waals surface area contributed by atoms with Crippen molar-refractivity contribution in [1.82, 2.24) is 0 Å². The summed E-state index contributed by atoms with van der Waals surface area (Å²) in [7, 11) is 0. The highest BCUT2D eigenvalue weighted by atomic mass is 32.2. The molecule has 2 unspecified atom stereocenters. The lowest BCUT2D eigenvalue weighted by Crippen LogP contribution is -2.19. The van der Waals surface area contributed by atoms with Crippen LogP contribution < -0.4 is 0 Å². The summed E-state index contributed by atoms with van der Waals surface area (Å²) in [5.41, 5.74) is 0. The molecule has 86 valence electrons. The van der Waals surface area contributed by atoms with Crippen molar-refractivity contribution in [3.63, 3.8) is 0 Å². The lowest BCUT2D eigenvalue weighted by molar-refractivity contribution is 0.113. The van der Waals surface area contributed by atoms with Gasteiger partial charge in [0, 0.05) is 23.0 Å². The molecule has 0 fully saturated rings. The largest absolute Gasteiger partial charge is 0.396 e. The summed E-state index contributed by atoms with van der Waals surface area (Å²) >= 11 is 2.92. The van der Waals surface area contributed by atoms with Gasteiger partial charge in [-0.1, -0.05) is 0 Å². The molecule has 14 heavy (non-hydrogen) atoms. The minimum Gasteiger partial charge on any atom is -0.396 e. The van der Waals surface area contributed by atoms with Crippen molar-refractivity contribution < 1.29 is 20.4 Å². The van der Waals surface area contributed by atoms with E-state index in [1.54, 1.807) is 0 Å². The Balaban J connectivity index is 3.21. The van der Waals surface area contributed by atoms with E-state index in [4.69, 9.17) is 15.3 Å². The first-order valence-corrected chi connectivity index (χ1v) is 6.75. The molecule has 0 heterocycles. The Bertz CT molecular complexity index is 126. The average Bonchev–Trinajstić information content (AvgIpc) is 2.18. The van der Waals surface area contributed by atoms with Crippen LogP contribution in [0.3, 0.4) is 0 Å². The van der Waals surface area contributed by atoms with Gasteiger partial charge in [-0.15, -0.1) is 0 Å². The van der Waals surface area contributed by atoms with E-state index in [1.165, 1.54) is 23.5 Å². The second-order valence-electron chi connectivity index (χ2n) is 2.83. The highest BCUT2D eigenvalue weighted by Crippen LogP contribution is 2.09. The van der Waals surface area contributed by atoms with E-state index in [-0.39, 0.29) is 13.2 Å². The van der Waals surface area contributed by atoms with Crippen LogP contribution in [-0.2, 0) is 0 Å². The minimum atomic E-state index is -0.697. The zero-order valence-electron chi connectivity index (χ0n) is 8.00. The number of rotatable bonds is 9. The van der Waals surface area contributed by atoms with E-state index in [9.17, 15) is 5.11 Å². The van der Waals surface area contributed by atoms with Crippen LogP contribution in [0.25, 0.3) is 0 Å². The molecule has 4 N–H and O–H groups in total. The molecule has 0 aliphatic heterocycles. The van der Waals surface area contributed by atoms with Crippen LogP contribution in [0.15, 0.2) is 0 Å². The van der Waals surface area contributed by atoms with E-state index in [2.05, 4.69) is 0 Å². The number of hydrogen-bond acceptors (Lipinski definition) is 6. The van der Waals surface area contributed by atoms with Crippen LogP contribution in [0.4, 0.5) is 0 Å². The second-order valence-corrected chi connectivity index (χ2v) is 5.05. The van der Waals surface area contributed by atoms with Crippen molar-refractivity contribution in [3.8, 4) is 0 Å². The van der Waals surface area contributed by atoms with E-state index >= 15 is 0 Å². The Labute approximate surface area is 92.7 Å². The Morgan fingerprint density at radius 2 is 1.43 bits per heavy atom. The van der Waals surface area contributed by atoms with E-state index in [0.29, 0.717) is 23.0 Å². The molecule has 0 aromatic rings. The molecule has 0 saturated heterocycles. The fraction of sp³-hybridized carbons (Fsp3) is 1.00. The summed E-state index contributed by atoms with van der Waals surface area (Å²) in [5, 5.41) is 35.4. The Morgan fingerprint density at radius 3 is 2.00 bits per heavy atom. The molecule has 0 aromatic heterocycles. The predicted octanol–water partition coefficient (Wildman–Crippen LogP) is -0.841.